The molecule has 0 spiro atoms. The zero-order valence-corrected chi connectivity index (χ0v) is 12.6. The number of aromatic nitrogens is 1. The van der Waals surface area contributed by atoms with Crippen LogP contribution in [0.4, 0.5) is 0 Å². The van der Waals surface area contributed by atoms with Gasteiger partial charge in [0.2, 0.25) is 0 Å². The highest BCUT2D eigenvalue weighted by atomic mass is 16.5. The molecule has 0 aliphatic rings. The van der Waals surface area contributed by atoms with Crippen LogP contribution in [0, 0.1) is 6.92 Å². The minimum Gasteiger partial charge on any atom is -0.496 e. The molecule has 3 nitrogen and oxygen atoms in total. The average Bonchev–Trinajstić information content (AvgIpc) is 2.97. The third-order valence-corrected chi connectivity index (χ3v) is 4.12. The van der Waals surface area contributed by atoms with Gasteiger partial charge >= 0.3 is 0 Å². The molecule has 1 atom stereocenters. The summed E-state index contributed by atoms with van der Waals surface area (Å²) in [5.74, 6) is 0.827. The lowest BCUT2D eigenvalue weighted by atomic mass is 9.82. The zero-order chi connectivity index (χ0) is 15.0. The van der Waals surface area contributed by atoms with E-state index in [0.29, 0.717) is 0 Å². The van der Waals surface area contributed by atoms with Crippen LogP contribution in [0.2, 0.25) is 0 Å². The summed E-state index contributed by atoms with van der Waals surface area (Å²) < 4.78 is 5.62. The van der Waals surface area contributed by atoms with Crippen LogP contribution in [0.1, 0.15) is 23.6 Å². The lowest BCUT2D eigenvalue weighted by Gasteiger charge is -2.29. The van der Waals surface area contributed by atoms with Crippen LogP contribution in [0.25, 0.3) is 10.9 Å². The third-order valence-electron chi connectivity index (χ3n) is 4.12. The average molecular weight is 280 g/mol. The number of aromatic amines is 1. The lowest BCUT2D eigenvalue weighted by molar-refractivity contribution is 0.400. The topological polar surface area (TPSA) is 51.0 Å². The van der Waals surface area contributed by atoms with E-state index in [0.717, 1.165) is 33.3 Å². The highest BCUT2D eigenvalue weighted by molar-refractivity contribution is 5.89. The van der Waals surface area contributed by atoms with Gasteiger partial charge in [-0.25, -0.2) is 0 Å². The van der Waals surface area contributed by atoms with Gasteiger partial charge in [0.05, 0.1) is 12.6 Å². The Labute approximate surface area is 124 Å². The van der Waals surface area contributed by atoms with Crippen molar-refractivity contribution in [3.8, 4) is 5.75 Å². The summed E-state index contributed by atoms with van der Waals surface area (Å²) in [5.41, 5.74) is 10.4. The molecule has 0 fully saturated rings. The summed E-state index contributed by atoms with van der Waals surface area (Å²) in [5, 5.41) is 1.11. The molecule has 1 aromatic heterocycles. The smallest absolute Gasteiger partial charge is 0.125 e. The van der Waals surface area contributed by atoms with Crippen molar-refractivity contribution in [2.75, 3.05) is 7.11 Å². The number of H-pyrrole nitrogens is 1. The molecule has 0 saturated carbocycles. The number of nitrogens with one attached hydrogen (secondary N) is 1. The van der Waals surface area contributed by atoms with Gasteiger partial charge < -0.3 is 15.5 Å². The van der Waals surface area contributed by atoms with E-state index in [-0.39, 0.29) is 0 Å². The summed E-state index contributed by atoms with van der Waals surface area (Å²) in [6, 6.07) is 14.2. The maximum Gasteiger partial charge on any atom is 0.125 e. The SMILES string of the molecule is COc1cc(C)c2[nH]ccc2c1C(C)(N)c1ccccc1. The standard InChI is InChI=1S/C18H20N2O/c1-12-11-15(21-3)16(14-9-10-20-17(12)14)18(2,19)13-7-5-4-6-8-13/h4-11,20H,19H2,1-3H3. The Morgan fingerprint density at radius 1 is 1.14 bits per heavy atom. The quantitative estimate of drug-likeness (QED) is 0.768. The van der Waals surface area contributed by atoms with Crippen molar-refractivity contribution < 1.29 is 4.74 Å². The number of benzene rings is 2. The molecule has 2 aromatic carbocycles. The number of fused-ring (bicyclic) bond motifs is 1. The van der Waals surface area contributed by atoms with E-state index in [9.17, 15) is 0 Å². The Morgan fingerprint density at radius 3 is 2.52 bits per heavy atom. The van der Waals surface area contributed by atoms with Gasteiger partial charge in [-0.05, 0) is 37.1 Å². The number of hydrogen-bond acceptors (Lipinski definition) is 2. The summed E-state index contributed by atoms with van der Waals surface area (Å²) in [6.45, 7) is 4.10. The molecule has 0 aliphatic carbocycles. The van der Waals surface area contributed by atoms with Crippen LogP contribution < -0.4 is 10.5 Å². The van der Waals surface area contributed by atoms with Crippen LogP contribution >= 0.6 is 0 Å². The predicted octanol–water partition coefficient (Wildman–Crippen LogP) is 3.71. The molecule has 1 heterocycles. The summed E-state index contributed by atoms with van der Waals surface area (Å²) in [4.78, 5) is 3.29. The first kappa shape index (κ1) is 13.7. The molecule has 21 heavy (non-hydrogen) atoms. The summed E-state index contributed by atoms with van der Waals surface area (Å²) >= 11 is 0. The maximum absolute atomic E-state index is 6.72. The van der Waals surface area contributed by atoms with E-state index in [1.807, 2.05) is 37.4 Å². The molecule has 3 aromatic rings. The predicted molar refractivity (Wildman–Crippen MR) is 86.7 cm³/mol. The van der Waals surface area contributed by atoms with Gasteiger partial charge in [-0.2, -0.15) is 0 Å². The summed E-state index contributed by atoms with van der Waals surface area (Å²) in [7, 11) is 1.69. The molecule has 0 radical (unpaired) electrons. The molecule has 0 aliphatic heterocycles. The highest BCUT2D eigenvalue weighted by Crippen LogP contribution is 2.39. The van der Waals surface area contributed by atoms with E-state index in [1.165, 1.54) is 0 Å². The van der Waals surface area contributed by atoms with Crippen molar-refractivity contribution in [1.82, 2.24) is 4.98 Å². The van der Waals surface area contributed by atoms with Crippen molar-refractivity contribution in [3.05, 3.63) is 65.4 Å². The fourth-order valence-corrected chi connectivity index (χ4v) is 3.00. The van der Waals surface area contributed by atoms with Crippen molar-refractivity contribution in [3.63, 3.8) is 0 Å². The second kappa shape index (κ2) is 4.93. The van der Waals surface area contributed by atoms with E-state index in [1.54, 1.807) is 7.11 Å². The number of methoxy groups -OCH3 is 1. The van der Waals surface area contributed by atoms with Gasteiger partial charge in [0, 0.05) is 22.7 Å². The van der Waals surface area contributed by atoms with E-state index >= 15 is 0 Å². The van der Waals surface area contributed by atoms with Gasteiger partial charge in [-0.1, -0.05) is 30.3 Å². The fourth-order valence-electron chi connectivity index (χ4n) is 3.00. The van der Waals surface area contributed by atoms with E-state index < -0.39 is 5.54 Å². The molecule has 3 rings (SSSR count). The van der Waals surface area contributed by atoms with Crippen molar-refractivity contribution in [2.24, 2.45) is 5.73 Å². The van der Waals surface area contributed by atoms with Crippen molar-refractivity contribution >= 4 is 10.9 Å². The Balaban J connectivity index is 2.33. The van der Waals surface area contributed by atoms with Crippen LogP contribution in [0.15, 0.2) is 48.7 Å². The maximum atomic E-state index is 6.72. The minimum absolute atomic E-state index is 0.624. The van der Waals surface area contributed by atoms with Crippen molar-refractivity contribution in [1.29, 1.82) is 0 Å². The first-order valence-electron chi connectivity index (χ1n) is 7.05. The molecule has 1 unspecified atom stereocenters. The van der Waals surface area contributed by atoms with Crippen molar-refractivity contribution in [2.45, 2.75) is 19.4 Å². The first-order valence-corrected chi connectivity index (χ1v) is 7.05. The first-order chi connectivity index (χ1) is 10.1. The molecule has 3 heteroatoms. The third kappa shape index (κ3) is 2.10. The van der Waals surface area contributed by atoms with Gasteiger partial charge in [0.15, 0.2) is 0 Å². The van der Waals surface area contributed by atoms with E-state index in [2.05, 4.69) is 30.1 Å². The van der Waals surface area contributed by atoms with Crippen LogP contribution in [0.3, 0.4) is 0 Å². The molecule has 0 amide bonds. The molecule has 0 bridgehead atoms. The van der Waals surface area contributed by atoms with Gasteiger partial charge in [0.1, 0.15) is 5.75 Å². The number of aryl methyl sites for hydroxylation is 1. The Kier molecular flexibility index (Phi) is 3.22. The highest BCUT2D eigenvalue weighted by Gasteiger charge is 2.30. The fraction of sp³-hybridized carbons (Fsp3) is 0.222. The Hall–Kier alpha value is -2.26. The molecular formula is C18H20N2O. The largest absolute Gasteiger partial charge is 0.496 e. The molecular weight excluding hydrogens is 260 g/mol. The number of ether oxygens (including phenoxy) is 1. The van der Waals surface area contributed by atoms with Crippen LogP contribution in [-0.4, -0.2) is 12.1 Å². The Bertz CT molecular complexity index is 773. The zero-order valence-electron chi connectivity index (χ0n) is 12.6. The normalized spacial score (nSPS) is 14.1. The number of hydrogen-bond donors (Lipinski definition) is 2. The number of nitrogens with two attached hydrogens (primary N) is 1. The van der Waals surface area contributed by atoms with E-state index in [4.69, 9.17) is 10.5 Å². The lowest BCUT2D eigenvalue weighted by Crippen LogP contribution is -2.35. The second-order valence-corrected chi connectivity index (χ2v) is 5.61. The van der Waals surface area contributed by atoms with Gasteiger partial charge in [-0.3, -0.25) is 0 Å². The number of rotatable bonds is 3. The monoisotopic (exact) mass is 280 g/mol. The van der Waals surface area contributed by atoms with Crippen LogP contribution in [-0.2, 0) is 5.54 Å². The van der Waals surface area contributed by atoms with Gasteiger partial charge in [0.25, 0.3) is 0 Å². The molecule has 0 saturated heterocycles. The minimum atomic E-state index is -0.624. The molecule has 3 N–H and O–H groups in total. The van der Waals surface area contributed by atoms with Gasteiger partial charge in [-0.15, -0.1) is 0 Å². The second-order valence-electron chi connectivity index (χ2n) is 5.61. The van der Waals surface area contributed by atoms with Crippen LogP contribution in [0.5, 0.6) is 5.75 Å². The molecule has 108 valence electrons. The Morgan fingerprint density at radius 2 is 1.86 bits per heavy atom. The summed E-state index contributed by atoms with van der Waals surface area (Å²) in [6.07, 6.45) is 1.95.